The molecule has 0 radical (unpaired) electrons. The van der Waals surface area contributed by atoms with Gasteiger partial charge in [-0.1, -0.05) is 107 Å². The Hall–Kier alpha value is -0.810. The van der Waals surface area contributed by atoms with E-state index in [1.165, 1.54) is 16.2 Å². The molecular formula is C24H30Br3ClN2O4. The van der Waals surface area contributed by atoms with Gasteiger partial charge in [0.1, 0.15) is 0 Å². The summed E-state index contributed by atoms with van der Waals surface area (Å²) in [6.07, 6.45) is 1.48. The number of carbonyl (C=O) groups is 2. The van der Waals surface area contributed by atoms with Gasteiger partial charge < -0.3 is 5.21 Å². The highest BCUT2D eigenvalue weighted by atomic mass is 79.9. The molecule has 1 amide bonds. The minimum atomic E-state index is -0.329. The first kappa shape index (κ1) is 31.2. The molecule has 2 N–H and O–H groups in total. The molecule has 1 aliphatic heterocycles. The number of rotatable bonds is 7. The first-order chi connectivity index (χ1) is 16.2. The first-order valence-electron chi connectivity index (χ1n) is 10.6. The second-order valence-corrected chi connectivity index (χ2v) is 10.9. The second-order valence-electron chi connectivity index (χ2n) is 7.52. The Morgan fingerprint density at radius 2 is 1.68 bits per heavy atom. The van der Waals surface area contributed by atoms with Gasteiger partial charge in [0.15, 0.2) is 0 Å². The summed E-state index contributed by atoms with van der Waals surface area (Å²) in [7, 11) is 0. The first-order valence-corrected chi connectivity index (χ1v) is 14.0. The molecule has 0 bridgehead atoms. The molecule has 1 heterocycles. The van der Waals surface area contributed by atoms with Gasteiger partial charge in [-0.25, -0.2) is 10.5 Å². The number of hydrogen-bond donors (Lipinski definition) is 2. The van der Waals surface area contributed by atoms with E-state index in [9.17, 15) is 9.59 Å². The topological polar surface area (TPSA) is 78.9 Å². The molecule has 2 aromatic rings. The Morgan fingerprint density at radius 1 is 1.15 bits per heavy atom. The summed E-state index contributed by atoms with van der Waals surface area (Å²) in [6.45, 7) is 5.70. The molecule has 188 valence electrons. The maximum Gasteiger partial charge on any atom is 0.260 e. The minimum absolute atomic E-state index is 0.00632. The van der Waals surface area contributed by atoms with Crippen LogP contribution in [-0.4, -0.2) is 43.0 Å². The molecule has 2 aromatic carbocycles. The summed E-state index contributed by atoms with van der Waals surface area (Å²) in [5.74, 6) is 0.00632. The largest absolute Gasteiger partial charge is 0.316 e. The number of halogens is 4. The zero-order chi connectivity index (χ0) is 25.5. The van der Waals surface area contributed by atoms with Crippen molar-refractivity contribution in [1.29, 1.82) is 0 Å². The lowest BCUT2D eigenvalue weighted by atomic mass is 10.1. The van der Waals surface area contributed by atoms with E-state index >= 15 is 0 Å². The number of hydroxylamine groups is 3. The van der Waals surface area contributed by atoms with Crippen LogP contribution in [0.1, 0.15) is 35.1 Å². The normalized spacial score (nSPS) is 16.0. The molecule has 1 saturated heterocycles. The third-order valence-corrected chi connectivity index (χ3v) is 7.30. The van der Waals surface area contributed by atoms with Crippen molar-refractivity contribution in [1.82, 2.24) is 10.5 Å². The van der Waals surface area contributed by atoms with Crippen LogP contribution in [0.25, 0.3) is 0 Å². The van der Waals surface area contributed by atoms with Crippen molar-refractivity contribution < 1.29 is 19.6 Å². The molecular weight excluding hydrogens is 655 g/mol. The molecule has 34 heavy (non-hydrogen) atoms. The van der Waals surface area contributed by atoms with Crippen molar-refractivity contribution in [2.45, 2.75) is 49.4 Å². The number of nitrogens with one attached hydrogen (secondary N) is 1. The second kappa shape index (κ2) is 17.6. The van der Waals surface area contributed by atoms with E-state index in [4.69, 9.17) is 21.6 Å². The summed E-state index contributed by atoms with van der Waals surface area (Å²) in [5, 5.41) is 10.2. The molecule has 1 fully saturated rings. The molecule has 6 nitrogen and oxygen atoms in total. The van der Waals surface area contributed by atoms with Crippen LogP contribution in [0.15, 0.2) is 48.5 Å². The van der Waals surface area contributed by atoms with Gasteiger partial charge in [-0.3, -0.25) is 14.4 Å². The zero-order valence-corrected chi connectivity index (χ0v) is 24.7. The van der Waals surface area contributed by atoms with E-state index in [2.05, 4.69) is 53.3 Å². The van der Waals surface area contributed by atoms with Crippen LogP contribution in [0.4, 0.5) is 0 Å². The Balaban J connectivity index is 0.000000277. The van der Waals surface area contributed by atoms with E-state index in [1.54, 1.807) is 0 Å². The molecule has 2 atom stereocenters. The van der Waals surface area contributed by atoms with Crippen LogP contribution in [0.5, 0.6) is 0 Å². The fraction of sp³-hybridized carbons (Fsp3) is 0.417. The molecule has 0 spiro atoms. The van der Waals surface area contributed by atoms with E-state index in [0.29, 0.717) is 19.7 Å². The molecule has 10 heteroatoms. The Bertz CT molecular complexity index is 870. The van der Waals surface area contributed by atoms with Crippen molar-refractivity contribution in [2.24, 2.45) is 0 Å². The quantitative estimate of drug-likeness (QED) is 0.207. The highest BCUT2D eigenvalue weighted by Crippen LogP contribution is 2.18. The van der Waals surface area contributed by atoms with E-state index < -0.39 is 0 Å². The van der Waals surface area contributed by atoms with Crippen LogP contribution in [0, 0.1) is 13.8 Å². The Kier molecular flexibility index (Phi) is 16.2. The maximum atomic E-state index is 11.8. The molecule has 2 unspecified atom stereocenters. The average Bonchev–Trinajstić information content (AvgIpc) is 2.81. The van der Waals surface area contributed by atoms with E-state index in [0.717, 1.165) is 29.3 Å². The lowest BCUT2D eigenvalue weighted by Gasteiger charge is -2.28. The monoisotopic (exact) mass is 682 g/mol. The fourth-order valence-corrected chi connectivity index (χ4v) is 4.42. The third-order valence-electron chi connectivity index (χ3n) is 4.59. The van der Waals surface area contributed by atoms with Gasteiger partial charge in [-0.15, -0.1) is 0 Å². The number of nitrogens with zero attached hydrogens (tertiary/aromatic N) is 1. The lowest BCUT2D eigenvalue weighted by molar-refractivity contribution is -0.200. The summed E-state index contributed by atoms with van der Waals surface area (Å²) in [6, 6.07) is 16.1. The fourth-order valence-electron chi connectivity index (χ4n) is 2.60. The van der Waals surface area contributed by atoms with Crippen LogP contribution in [0.3, 0.4) is 0 Å². The van der Waals surface area contributed by atoms with Gasteiger partial charge in [0.2, 0.25) is 5.24 Å². The van der Waals surface area contributed by atoms with Crippen molar-refractivity contribution in [3.8, 4) is 0 Å². The summed E-state index contributed by atoms with van der Waals surface area (Å²) in [4.78, 5) is 27.0. The predicted octanol–water partition coefficient (Wildman–Crippen LogP) is 6.20. The molecule has 1 aliphatic rings. The number of benzene rings is 2. The van der Waals surface area contributed by atoms with E-state index in [-0.39, 0.29) is 20.8 Å². The standard InChI is InChI=1S/C12H14BrNO2.C8H11NO.C4H5Br2ClO/c1-9-2-4-10(5-3-9)8-14-12(15)11(13)6-7-16-14;1-7-2-4-8(5-3-7)6-9-10;5-2-1-3(6)4(7)8/h2-5,11H,6-8H2,1H3;2-5,9-10H,6H2,1H3;3H,1-2H2. The number of aryl methyl sites for hydroxylation is 2. The Morgan fingerprint density at radius 3 is 2.12 bits per heavy atom. The smallest absolute Gasteiger partial charge is 0.260 e. The SMILES string of the molecule is Cc1ccc(CN2OCCC(Br)C2=O)cc1.Cc1ccc(CNO)cc1.O=C(Cl)C(Br)CCBr. The lowest BCUT2D eigenvalue weighted by Crippen LogP contribution is -2.41. The highest BCUT2D eigenvalue weighted by Gasteiger charge is 2.27. The molecule has 0 aliphatic carbocycles. The van der Waals surface area contributed by atoms with Crippen molar-refractivity contribution in [3.05, 3.63) is 70.8 Å². The summed E-state index contributed by atoms with van der Waals surface area (Å²) >= 11 is 14.7. The number of amides is 1. The third kappa shape index (κ3) is 12.8. The summed E-state index contributed by atoms with van der Waals surface area (Å²) in [5.41, 5.74) is 6.73. The average molecular weight is 686 g/mol. The maximum absolute atomic E-state index is 11.8. The number of alkyl halides is 3. The zero-order valence-electron chi connectivity index (χ0n) is 19.1. The van der Waals surface area contributed by atoms with Gasteiger partial charge in [0.25, 0.3) is 5.91 Å². The van der Waals surface area contributed by atoms with Crippen molar-refractivity contribution in [3.63, 3.8) is 0 Å². The Labute approximate surface area is 231 Å². The highest BCUT2D eigenvalue weighted by molar-refractivity contribution is 9.10. The van der Waals surface area contributed by atoms with Crippen LogP contribution >= 0.6 is 59.4 Å². The van der Waals surface area contributed by atoms with Crippen LogP contribution in [-0.2, 0) is 27.5 Å². The predicted molar refractivity (Wildman–Crippen MR) is 147 cm³/mol. The van der Waals surface area contributed by atoms with Gasteiger partial charge in [0.05, 0.1) is 22.8 Å². The molecule has 3 rings (SSSR count). The van der Waals surface area contributed by atoms with Crippen LogP contribution < -0.4 is 5.48 Å². The van der Waals surface area contributed by atoms with Gasteiger partial charge in [-0.05, 0) is 49.4 Å². The molecule has 0 aromatic heterocycles. The number of carbonyl (C=O) groups excluding carboxylic acids is 2. The van der Waals surface area contributed by atoms with Crippen molar-refractivity contribution in [2.75, 3.05) is 11.9 Å². The van der Waals surface area contributed by atoms with Gasteiger partial charge in [0, 0.05) is 11.9 Å². The van der Waals surface area contributed by atoms with Gasteiger partial charge >= 0.3 is 0 Å². The summed E-state index contributed by atoms with van der Waals surface area (Å²) < 4.78 is 0. The van der Waals surface area contributed by atoms with E-state index in [1.807, 2.05) is 62.4 Å². The number of hydrogen-bond acceptors (Lipinski definition) is 5. The van der Waals surface area contributed by atoms with Gasteiger partial charge in [-0.2, -0.15) is 0 Å². The van der Waals surface area contributed by atoms with Crippen LogP contribution in [0.2, 0.25) is 0 Å². The molecule has 0 saturated carbocycles. The van der Waals surface area contributed by atoms with Crippen molar-refractivity contribution >= 4 is 70.5 Å². The minimum Gasteiger partial charge on any atom is -0.316 e.